The average Bonchev–Trinajstić information content (AvgIpc) is 2.59. The van der Waals surface area contributed by atoms with Crippen LogP contribution in [0.25, 0.3) is 0 Å². The smallest absolute Gasteiger partial charge is 0.230 e. The molecular weight excluding hydrogens is 366 g/mol. The lowest BCUT2D eigenvalue weighted by Crippen LogP contribution is -2.05. The molecule has 0 amide bonds. The molecule has 0 fully saturated rings. The Morgan fingerprint density at radius 1 is 0.846 bits per heavy atom. The van der Waals surface area contributed by atoms with E-state index in [0.717, 1.165) is 24.0 Å². The number of hydrogen-bond acceptors (Lipinski definition) is 3. The van der Waals surface area contributed by atoms with Crippen LogP contribution in [0.2, 0.25) is 0 Å². The number of hydrogen-bond donors (Lipinski definition) is 0. The summed E-state index contributed by atoms with van der Waals surface area (Å²) in [6, 6.07) is 13.1. The van der Waals surface area contributed by atoms with Crippen LogP contribution in [-0.4, -0.2) is 12.6 Å². The number of aryl methyl sites for hydroxylation is 2. The van der Waals surface area contributed by atoms with E-state index in [1.165, 1.54) is 12.1 Å². The van der Waals surface area contributed by atoms with Gasteiger partial charge in [0.05, 0.1) is 9.79 Å². The minimum Gasteiger partial charge on any atom is -0.230 e. The van der Waals surface area contributed by atoms with E-state index in [2.05, 4.69) is 14.9 Å². The highest BCUT2D eigenvalue weighted by atomic mass is 32.3. The second kappa shape index (κ2) is 8.52. The van der Waals surface area contributed by atoms with Crippen molar-refractivity contribution in [1.82, 2.24) is 0 Å². The minimum atomic E-state index is -4.09. The van der Waals surface area contributed by atoms with Gasteiger partial charge in [0.1, 0.15) is 0 Å². The van der Waals surface area contributed by atoms with Crippen molar-refractivity contribution in [2.24, 2.45) is 3.77 Å². The fraction of sp³-hybridized carbons (Fsp3) is 0.300. The van der Waals surface area contributed by atoms with Crippen LogP contribution in [0.15, 0.2) is 62.1 Å². The lowest BCUT2D eigenvalue weighted by molar-refractivity contribution is 0.598. The Bertz CT molecular complexity index is 1030. The summed E-state index contributed by atoms with van der Waals surface area (Å²) in [6.45, 7) is 5.80. The monoisotopic (exact) mass is 389 g/mol. The first kappa shape index (κ1) is 20.2. The molecule has 0 N–H and O–H groups in total. The molecule has 6 heteroatoms. The molecule has 0 aliphatic heterocycles. The van der Waals surface area contributed by atoms with Crippen LogP contribution in [0.5, 0.6) is 0 Å². The predicted molar refractivity (Wildman–Crippen MR) is 106 cm³/mol. The highest BCUT2D eigenvalue weighted by Crippen LogP contribution is 2.21. The van der Waals surface area contributed by atoms with Crippen molar-refractivity contribution in [2.75, 3.05) is 0 Å². The highest BCUT2D eigenvalue weighted by molar-refractivity contribution is 8.06. The van der Waals surface area contributed by atoms with Gasteiger partial charge in [0.25, 0.3) is 10.0 Å². The molecule has 0 aliphatic carbocycles. The number of benzene rings is 2. The van der Waals surface area contributed by atoms with Crippen LogP contribution in [0, 0.1) is 25.0 Å². The molecule has 4 nitrogen and oxygen atoms in total. The Hall–Kier alpha value is -2.10. The Labute approximate surface area is 156 Å². The zero-order chi connectivity index (χ0) is 19.2. The normalized spacial score (nSPS) is 13.3. The van der Waals surface area contributed by atoms with Crippen LogP contribution in [-0.2, 0) is 19.8 Å². The van der Waals surface area contributed by atoms with Gasteiger partial charge in [0, 0.05) is 11.7 Å². The third-order valence-corrected chi connectivity index (χ3v) is 7.55. The minimum absolute atomic E-state index is 0.0123. The molecule has 0 aromatic heterocycles. The van der Waals surface area contributed by atoms with Gasteiger partial charge >= 0.3 is 0 Å². The quantitative estimate of drug-likeness (QED) is 0.551. The Morgan fingerprint density at radius 2 is 1.35 bits per heavy atom. The standard InChI is InChI=1S/C20H23NO3S2/c1-4-5-6-7-16-25(22,19-12-8-17(2)9-13-19)21-26(23,24)20-14-10-18(3)11-15-20/h8-15H,4-6H2,1-3H3. The number of sulfonamides is 1. The molecule has 1 atom stereocenters. The van der Waals surface area contributed by atoms with Crippen LogP contribution in [0.3, 0.4) is 0 Å². The lowest BCUT2D eigenvalue weighted by Gasteiger charge is -2.05. The van der Waals surface area contributed by atoms with Crippen molar-refractivity contribution in [3.63, 3.8) is 0 Å². The van der Waals surface area contributed by atoms with E-state index < -0.39 is 19.8 Å². The average molecular weight is 390 g/mol. The first-order valence-corrected chi connectivity index (χ1v) is 11.4. The van der Waals surface area contributed by atoms with Gasteiger partial charge in [-0.25, -0.2) is 4.21 Å². The fourth-order valence-corrected chi connectivity index (χ4v) is 5.49. The molecule has 0 saturated heterocycles. The summed E-state index contributed by atoms with van der Waals surface area (Å²) in [4.78, 5) is 0.320. The van der Waals surface area contributed by atoms with E-state index in [4.69, 9.17) is 0 Å². The molecule has 2 aromatic carbocycles. The SMILES string of the molecule is CCCCC#CS(=O)(=NS(=O)(=O)c1ccc(C)cc1)c1ccc(C)cc1. The zero-order valence-corrected chi connectivity index (χ0v) is 16.9. The molecule has 0 aliphatic rings. The summed E-state index contributed by atoms with van der Waals surface area (Å²) < 4.78 is 42.5. The van der Waals surface area contributed by atoms with Crippen LogP contribution < -0.4 is 0 Å². The summed E-state index contributed by atoms with van der Waals surface area (Å²) in [5.74, 6) is 2.84. The maximum absolute atomic E-state index is 13.4. The number of rotatable bonds is 5. The molecule has 138 valence electrons. The van der Waals surface area contributed by atoms with Gasteiger partial charge in [-0.1, -0.05) is 58.4 Å². The van der Waals surface area contributed by atoms with Gasteiger partial charge in [-0.2, -0.15) is 8.42 Å². The predicted octanol–water partition coefficient (Wildman–Crippen LogP) is 4.67. The van der Waals surface area contributed by atoms with Crippen molar-refractivity contribution in [3.8, 4) is 11.2 Å². The van der Waals surface area contributed by atoms with Crippen molar-refractivity contribution < 1.29 is 12.6 Å². The highest BCUT2D eigenvalue weighted by Gasteiger charge is 2.19. The first-order valence-electron chi connectivity index (χ1n) is 8.43. The molecule has 0 heterocycles. The van der Waals surface area contributed by atoms with Gasteiger partial charge in [0.2, 0.25) is 0 Å². The topological polar surface area (TPSA) is 63.6 Å². The van der Waals surface area contributed by atoms with Crippen molar-refractivity contribution in [2.45, 2.75) is 49.8 Å². The molecule has 0 bridgehead atoms. The van der Waals surface area contributed by atoms with E-state index >= 15 is 0 Å². The Balaban J connectivity index is 2.60. The molecule has 2 rings (SSSR count). The Morgan fingerprint density at radius 3 is 1.85 bits per heavy atom. The first-order chi connectivity index (χ1) is 12.3. The van der Waals surface area contributed by atoms with Crippen LogP contribution >= 0.6 is 0 Å². The van der Waals surface area contributed by atoms with E-state index in [-0.39, 0.29) is 4.90 Å². The molecule has 26 heavy (non-hydrogen) atoms. The van der Waals surface area contributed by atoms with Gasteiger partial charge < -0.3 is 0 Å². The molecule has 0 spiro atoms. The molecule has 2 aromatic rings. The molecule has 0 radical (unpaired) electrons. The van der Waals surface area contributed by atoms with Crippen molar-refractivity contribution in [3.05, 3.63) is 59.7 Å². The van der Waals surface area contributed by atoms with E-state index in [9.17, 15) is 12.6 Å². The molecule has 0 saturated carbocycles. The summed E-state index contributed by atoms with van der Waals surface area (Å²) in [7, 11) is -7.49. The second-order valence-electron chi connectivity index (χ2n) is 6.08. The largest absolute Gasteiger partial charge is 0.291 e. The number of unbranched alkanes of at least 4 members (excludes halogenated alkanes) is 2. The second-order valence-corrected chi connectivity index (χ2v) is 9.83. The maximum atomic E-state index is 13.4. The van der Waals surface area contributed by atoms with Gasteiger partial charge in [0.15, 0.2) is 9.73 Å². The van der Waals surface area contributed by atoms with E-state index in [1.807, 2.05) is 20.8 Å². The summed E-state index contributed by atoms with van der Waals surface area (Å²) in [6.07, 6.45) is 2.37. The summed E-state index contributed by atoms with van der Waals surface area (Å²) >= 11 is 0. The van der Waals surface area contributed by atoms with E-state index in [1.54, 1.807) is 36.4 Å². The van der Waals surface area contributed by atoms with Gasteiger partial charge in [-0.05, 0) is 44.5 Å². The number of nitrogens with zero attached hydrogens (tertiary/aromatic N) is 1. The third kappa shape index (κ3) is 5.20. The zero-order valence-electron chi connectivity index (χ0n) is 15.2. The summed E-state index contributed by atoms with van der Waals surface area (Å²) in [5, 5.41) is 2.64. The Kier molecular flexibility index (Phi) is 6.63. The fourth-order valence-electron chi connectivity index (χ4n) is 2.15. The van der Waals surface area contributed by atoms with Gasteiger partial charge in [-0.15, -0.1) is 0 Å². The third-order valence-electron chi connectivity index (χ3n) is 3.73. The van der Waals surface area contributed by atoms with Crippen LogP contribution in [0.4, 0.5) is 0 Å². The molecule has 1 unspecified atom stereocenters. The molecular formula is C20H23NO3S2. The van der Waals surface area contributed by atoms with E-state index in [0.29, 0.717) is 11.3 Å². The lowest BCUT2D eigenvalue weighted by atomic mass is 10.2. The maximum Gasteiger partial charge on any atom is 0.291 e. The van der Waals surface area contributed by atoms with Crippen molar-refractivity contribution in [1.29, 1.82) is 0 Å². The van der Waals surface area contributed by atoms with Gasteiger partial charge in [-0.3, -0.25) is 0 Å². The summed E-state index contributed by atoms with van der Waals surface area (Å²) in [5.41, 5.74) is 1.92. The van der Waals surface area contributed by atoms with Crippen LogP contribution in [0.1, 0.15) is 37.3 Å². The van der Waals surface area contributed by atoms with Crippen molar-refractivity contribution >= 4 is 19.8 Å².